The van der Waals surface area contributed by atoms with Crippen molar-refractivity contribution >= 4 is 6.29 Å². The monoisotopic (exact) mass is 232 g/mol. The molecule has 0 aliphatic carbocycles. The lowest BCUT2D eigenvalue weighted by Crippen LogP contribution is -1.92. The highest BCUT2D eigenvalue weighted by Crippen LogP contribution is 2.27. The van der Waals surface area contributed by atoms with E-state index in [1.807, 2.05) is 6.92 Å². The summed E-state index contributed by atoms with van der Waals surface area (Å²) in [7, 11) is 0. The summed E-state index contributed by atoms with van der Waals surface area (Å²) in [6.07, 6.45) is 0.528. The van der Waals surface area contributed by atoms with E-state index < -0.39 is 11.6 Å². The minimum Gasteiger partial charge on any atom is -0.298 e. The molecular weight excluding hydrogens is 222 g/mol. The smallest absolute Gasteiger partial charge is 0.150 e. The van der Waals surface area contributed by atoms with Crippen LogP contribution in [0.5, 0.6) is 0 Å². The second-order valence-electron chi connectivity index (χ2n) is 3.83. The fraction of sp³-hybridized carbons (Fsp3) is 0.0714. The maximum Gasteiger partial charge on any atom is 0.150 e. The fourth-order valence-corrected chi connectivity index (χ4v) is 1.72. The second kappa shape index (κ2) is 4.45. The Kier molecular flexibility index (Phi) is 3.00. The molecule has 0 heterocycles. The quantitative estimate of drug-likeness (QED) is 0.720. The Hall–Kier alpha value is -2.03. The minimum absolute atomic E-state index is 0.148. The van der Waals surface area contributed by atoms with E-state index in [-0.39, 0.29) is 5.56 Å². The van der Waals surface area contributed by atoms with Gasteiger partial charge in [-0.1, -0.05) is 17.7 Å². The first-order valence-corrected chi connectivity index (χ1v) is 5.13. The molecule has 0 aliphatic heterocycles. The number of rotatable bonds is 2. The first-order chi connectivity index (χ1) is 8.11. The van der Waals surface area contributed by atoms with Crippen LogP contribution in [-0.2, 0) is 0 Å². The van der Waals surface area contributed by atoms with Crippen LogP contribution in [0.3, 0.4) is 0 Å². The Balaban J connectivity index is 2.67. The Morgan fingerprint density at radius 2 is 1.76 bits per heavy atom. The highest BCUT2D eigenvalue weighted by Gasteiger charge is 2.10. The summed E-state index contributed by atoms with van der Waals surface area (Å²) in [6, 6.07) is 8.34. The van der Waals surface area contributed by atoms with Gasteiger partial charge in [-0.15, -0.1) is 0 Å². The molecule has 2 aromatic rings. The summed E-state index contributed by atoms with van der Waals surface area (Å²) in [5, 5.41) is 0. The molecule has 0 bridgehead atoms. The van der Waals surface area contributed by atoms with Crippen LogP contribution in [0.1, 0.15) is 15.9 Å². The van der Waals surface area contributed by atoms with Crippen LogP contribution in [0.4, 0.5) is 8.78 Å². The molecular formula is C14H10F2O. The first-order valence-electron chi connectivity index (χ1n) is 5.13. The van der Waals surface area contributed by atoms with Gasteiger partial charge in [0, 0.05) is 11.1 Å². The van der Waals surface area contributed by atoms with Gasteiger partial charge < -0.3 is 0 Å². The summed E-state index contributed by atoms with van der Waals surface area (Å²) in [4.78, 5) is 10.9. The second-order valence-corrected chi connectivity index (χ2v) is 3.83. The zero-order chi connectivity index (χ0) is 12.4. The third kappa shape index (κ3) is 2.23. The molecule has 0 N–H and O–H groups in total. The lowest BCUT2D eigenvalue weighted by atomic mass is 9.98. The number of hydrogen-bond donors (Lipinski definition) is 0. The van der Waals surface area contributed by atoms with Crippen molar-refractivity contribution < 1.29 is 13.6 Å². The van der Waals surface area contributed by atoms with Crippen molar-refractivity contribution in [2.24, 2.45) is 0 Å². The molecule has 0 amide bonds. The van der Waals surface area contributed by atoms with Gasteiger partial charge in [0.25, 0.3) is 0 Å². The molecule has 3 heteroatoms. The van der Waals surface area contributed by atoms with Gasteiger partial charge in [-0.2, -0.15) is 0 Å². The Morgan fingerprint density at radius 3 is 2.47 bits per heavy atom. The predicted molar refractivity (Wildman–Crippen MR) is 61.9 cm³/mol. The van der Waals surface area contributed by atoms with Gasteiger partial charge in [-0.25, -0.2) is 8.78 Å². The molecule has 1 nitrogen and oxygen atoms in total. The summed E-state index contributed by atoms with van der Waals surface area (Å²) < 4.78 is 26.6. The topological polar surface area (TPSA) is 17.1 Å². The average Bonchev–Trinajstić information content (AvgIpc) is 2.32. The fourth-order valence-electron chi connectivity index (χ4n) is 1.72. The van der Waals surface area contributed by atoms with E-state index in [1.165, 1.54) is 18.2 Å². The maximum absolute atomic E-state index is 13.7. The molecule has 0 radical (unpaired) electrons. The SMILES string of the molecule is Cc1ccc(F)c(-c2ccc(F)cc2C=O)c1. The molecule has 86 valence electrons. The van der Waals surface area contributed by atoms with Gasteiger partial charge in [-0.3, -0.25) is 4.79 Å². The number of benzene rings is 2. The minimum atomic E-state index is -0.510. The van der Waals surface area contributed by atoms with Crippen LogP contribution in [0, 0.1) is 18.6 Å². The molecule has 0 atom stereocenters. The molecule has 0 aromatic heterocycles. The molecule has 17 heavy (non-hydrogen) atoms. The number of hydrogen-bond acceptors (Lipinski definition) is 1. The van der Waals surface area contributed by atoms with Gasteiger partial charge in [0.2, 0.25) is 0 Å². The Bertz CT molecular complexity index is 576. The van der Waals surface area contributed by atoms with Crippen molar-refractivity contribution in [2.75, 3.05) is 0 Å². The van der Waals surface area contributed by atoms with Gasteiger partial charge in [-0.05, 0) is 36.8 Å². The third-order valence-electron chi connectivity index (χ3n) is 2.55. The molecule has 0 unspecified atom stereocenters. The van der Waals surface area contributed by atoms with E-state index in [9.17, 15) is 13.6 Å². The van der Waals surface area contributed by atoms with Crippen LogP contribution >= 0.6 is 0 Å². The van der Waals surface area contributed by atoms with Crippen molar-refractivity contribution in [1.29, 1.82) is 0 Å². The van der Waals surface area contributed by atoms with E-state index in [4.69, 9.17) is 0 Å². The van der Waals surface area contributed by atoms with E-state index in [1.54, 1.807) is 12.1 Å². The van der Waals surface area contributed by atoms with Gasteiger partial charge in [0.15, 0.2) is 6.29 Å². The highest BCUT2D eigenvalue weighted by molar-refractivity contribution is 5.87. The lowest BCUT2D eigenvalue weighted by Gasteiger charge is -2.07. The molecule has 2 aromatic carbocycles. The van der Waals surface area contributed by atoms with Crippen molar-refractivity contribution in [2.45, 2.75) is 6.92 Å². The third-order valence-corrected chi connectivity index (χ3v) is 2.55. The van der Waals surface area contributed by atoms with E-state index in [0.29, 0.717) is 17.4 Å². The van der Waals surface area contributed by atoms with Crippen molar-refractivity contribution in [1.82, 2.24) is 0 Å². The number of carbonyl (C=O) groups is 1. The normalized spacial score (nSPS) is 10.3. The largest absolute Gasteiger partial charge is 0.298 e. The number of aryl methyl sites for hydroxylation is 1. The highest BCUT2D eigenvalue weighted by atomic mass is 19.1. The zero-order valence-electron chi connectivity index (χ0n) is 9.21. The van der Waals surface area contributed by atoms with E-state index >= 15 is 0 Å². The summed E-state index contributed by atoms with van der Waals surface area (Å²) in [5.74, 6) is -0.936. The van der Waals surface area contributed by atoms with Crippen LogP contribution in [0.25, 0.3) is 11.1 Å². The van der Waals surface area contributed by atoms with Crippen molar-refractivity contribution in [3.8, 4) is 11.1 Å². The summed E-state index contributed by atoms with van der Waals surface area (Å²) in [6.45, 7) is 1.83. The van der Waals surface area contributed by atoms with E-state index in [0.717, 1.165) is 11.6 Å². The standard InChI is InChI=1S/C14H10F2O/c1-9-2-5-14(16)13(6-9)12-4-3-11(15)7-10(12)8-17/h2-8H,1H3. The molecule has 0 aliphatic rings. The van der Waals surface area contributed by atoms with Gasteiger partial charge in [0.1, 0.15) is 11.6 Å². The van der Waals surface area contributed by atoms with Crippen LogP contribution < -0.4 is 0 Å². The number of carbonyl (C=O) groups excluding carboxylic acids is 1. The summed E-state index contributed by atoms with van der Waals surface area (Å²) in [5.41, 5.74) is 1.74. The first kappa shape index (κ1) is 11.5. The number of halogens is 2. The van der Waals surface area contributed by atoms with Crippen LogP contribution in [0.2, 0.25) is 0 Å². The molecule has 0 fully saturated rings. The lowest BCUT2D eigenvalue weighted by molar-refractivity contribution is 0.112. The zero-order valence-corrected chi connectivity index (χ0v) is 9.21. The molecule has 0 spiro atoms. The molecule has 2 rings (SSSR count). The van der Waals surface area contributed by atoms with Crippen molar-refractivity contribution in [3.63, 3.8) is 0 Å². The Morgan fingerprint density at radius 1 is 1.00 bits per heavy atom. The van der Waals surface area contributed by atoms with Crippen LogP contribution in [-0.4, -0.2) is 6.29 Å². The maximum atomic E-state index is 13.7. The average molecular weight is 232 g/mol. The molecule has 0 saturated carbocycles. The predicted octanol–water partition coefficient (Wildman–Crippen LogP) is 3.75. The van der Waals surface area contributed by atoms with Gasteiger partial charge in [0.05, 0.1) is 0 Å². The molecule has 0 saturated heterocycles. The number of aldehydes is 1. The van der Waals surface area contributed by atoms with Crippen molar-refractivity contribution in [3.05, 3.63) is 59.2 Å². The van der Waals surface area contributed by atoms with Gasteiger partial charge >= 0.3 is 0 Å². The van der Waals surface area contributed by atoms with Crippen LogP contribution in [0.15, 0.2) is 36.4 Å². The summed E-state index contributed by atoms with van der Waals surface area (Å²) >= 11 is 0. The van der Waals surface area contributed by atoms with E-state index in [2.05, 4.69) is 0 Å². The Labute approximate surface area is 97.7 Å².